The Morgan fingerprint density at radius 3 is 2.60 bits per heavy atom. The molecule has 1 aliphatic carbocycles. The van der Waals surface area contributed by atoms with E-state index in [9.17, 15) is 0 Å². The number of nitrogens with zero attached hydrogens (tertiary/aromatic N) is 1. The fraction of sp³-hybridized carbons (Fsp3) is 1.00. The van der Waals surface area contributed by atoms with Gasteiger partial charge in [-0.15, -0.1) is 0 Å². The maximum atomic E-state index is 2.70. The van der Waals surface area contributed by atoms with Gasteiger partial charge in [-0.3, -0.25) is 4.90 Å². The van der Waals surface area contributed by atoms with Gasteiger partial charge >= 0.3 is 0 Å². The Bertz CT molecular complexity index is 133. The van der Waals surface area contributed by atoms with Crippen LogP contribution in [0.2, 0.25) is 0 Å². The molecule has 3 atom stereocenters. The number of hydrogen-bond acceptors (Lipinski definition) is 1. The van der Waals surface area contributed by atoms with Gasteiger partial charge in [-0.1, -0.05) is 13.8 Å². The van der Waals surface area contributed by atoms with Gasteiger partial charge in [0.25, 0.3) is 0 Å². The zero-order valence-electron chi connectivity index (χ0n) is 7.01. The number of fused-ring (bicyclic) bond motifs is 1. The van der Waals surface area contributed by atoms with Gasteiger partial charge in [0.15, 0.2) is 0 Å². The molecule has 10 heavy (non-hydrogen) atoms. The van der Waals surface area contributed by atoms with E-state index >= 15 is 0 Å². The second-order valence-electron chi connectivity index (χ2n) is 3.69. The summed E-state index contributed by atoms with van der Waals surface area (Å²) < 4.78 is 0. The molecule has 0 amide bonds. The van der Waals surface area contributed by atoms with Crippen LogP contribution >= 0.6 is 0 Å². The van der Waals surface area contributed by atoms with Gasteiger partial charge in [0.05, 0.1) is 0 Å². The predicted molar refractivity (Wildman–Crippen MR) is 43.0 cm³/mol. The highest BCUT2D eigenvalue weighted by Gasteiger charge is 2.50. The van der Waals surface area contributed by atoms with Crippen LogP contribution in [0.25, 0.3) is 0 Å². The molecule has 0 radical (unpaired) electrons. The SMILES string of the molecule is CC[C@@H]1CC2CC2N1CC. The topological polar surface area (TPSA) is 3.24 Å². The van der Waals surface area contributed by atoms with Crippen LogP contribution in [0.3, 0.4) is 0 Å². The molecule has 2 aliphatic rings. The van der Waals surface area contributed by atoms with Crippen LogP contribution in [0.1, 0.15) is 33.1 Å². The van der Waals surface area contributed by atoms with E-state index in [0.717, 1.165) is 18.0 Å². The Labute approximate surface area is 63.4 Å². The number of rotatable bonds is 2. The minimum absolute atomic E-state index is 0.939. The Morgan fingerprint density at radius 1 is 1.30 bits per heavy atom. The van der Waals surface area contributed by atoms with Gasteiger partial charge in [-0.2, -0.15) is 0 Å². The molecule has 0 aromatic carbocycles. The lowest BCUT2D eigenvalue weighted by atomic mass is 10.1. The van der Waals surface area contributed by atoms with Gasteiger partial charge in [-0.05, 0) is 31.7 Å². The van der Waals surface area contributed by atoms with E-state index in [1.807, 2.05) is 0 Å². The summed E-state index contributed by atoms with van der Waals surface area (Å²) in [5.41, 5.74) is 0. The zero-order valence-corrected chi connectivity index (χ0v) is 7.01. The van der Waals surface area contributed by atoms with E-state index in [-0.39, 0.29) is 0 Å². The Kier molecular flexibility index (Phi) is 1.48. The molecule has 0 bridgehead atoms. The Hall–Kier alpha value is -0.0400. The fourth-order valence-corrected chi connectivity index (χ4v) is 2.54. The first-order chi connectivity index (χ1) is 4.86. The van der Waals surface area contributed by atoms with Crippen LogP contribution in [0.4, 0.5) is 0 Å². The molecule has 0 N–H and O–H groups in total. The predicted octanol–water partition coefficient (Wildman–Crippen LogP) is 1.88. The van der Waals surface area contributed by atoms with Crippen molar-refractivity contribution in [2.75, 3.05) is 6.54 Å². The Balaban J connectivity index is 1.98. The quantitative estimate of drug-likeness (QED) is 0.564. The van der Waals surface area contributed by atoms with Crippen molar-refractivity contribution < 1.29 is 0 Å². The number of hydrogen-bond donors (Lipinski definition) is 0. The zero-order chi connectivity index (χ0) is 7.14. The highest BCUT2D eigenvalue weighted by atomic mass is 15.2. The van der Waals surface area contributed by atoms with Gasteiger partial charge in [0.1, 0.15) is 0 Å². The third kappa shape index (κ3) is 0.800. The van der Waals surface area contributed by atoms with Gasteiger partial charge in [0.2, 0.25) is 0 Å². The molecule has 0 spiro atoms. The number of piperidine rings is 1. The maximum Gasteiger partial charge on any atom is 0.0131 e. The third-order valence-corrected chi connectivity index (χ3v) is 3.19. The molecule has 1 saturated heterocycles. The highest BCUT2D eigenvalue weighted by molar-refractivity contribution is 5.04. The van der Waals surface area contributed by atoms with Crippen LogP contribution in [-0.2, 0) is 0 Å². The molecule has 2 unspecified atom stereocenters. The van der Waals surface area contributed by atoms with Gasteiger partial charge in [-0.25, -0.2) is 0 Å². The van der Waals surface area contributed by atoms with Crippen molar-refractivity contribution in [1.29, 1.82) is 0 Å². The van der Waals surface area contributed by atoms with E-state index in [4.69, 9.17) is 0 Å². The second kappa shape index (κ2) is 2.23. The van der Waals surface area contributed by atoms with Crippen molar-refractivity contribution in [3.8, 4) is 0 Å². The monoisotopic (exact) mass is 139 g/mol. The molecular formula is C9H17N. The van der Waals surface area contributed by atoms with Crippen LogP contribution in [-0.4, -0.2) is 23.5 Å². The number of likely N-dealkylation sites (tertiary alicyclic amines) is 1. The summed E-state index contributed by atoms with van der Waals surface area (Å²) >= 11 is 0. The van der Waals surface area contributed by atoms with Crippen LogP contribution in [0.5, 0.6) is 0 Å². The molecular weight excluding hydrogens is 122 g/mol. The van der Waals surface area contributed by atoms with Crippen molar-refractivity contribution >= 4 is 0 Å². The largest absolute Gasteiger partial charge is 0.297 e. The summed E-state index contributed by atoms with van der Waals surface area (Å²) in [5, 5.41) is 0. The molecule has 58 valence electrons. The summed E-state index contributed by atoms with van der Waals surface area (Å²) in [6, 6.07) is 1.95. The first kappa shape index (κ1) is 6.66. The molecule has 0 aromatic heterocycles. The van der Waals surface area contributed by atoms with Crippen molar-refractivity contribution in [2.45, 2.75) is 45.2 Å². The normalized spacial score (nSPS) is 45.6. The first-order valence-corrected chi connectivity index (χ1v) is 4.62. The van der Waals surface area contributed by atoms with E-state index in [0.29, 0.717) is 0 Å². The van der Waals surface area contributed by atoms with E-state index < -0.39 is 0 Å². The Morgan fingerprint density at radius 2 is 2.10 bits per heavy atom. The molecule has 2 rings (SSSR count). The van der Waals surface area contributed by atoms with Crippen molar-refractivity contribution in [1.82, 2.24) is 4.90 Å². The molecule has 1 heteroatoms. The molecule has 2 fully saturated rings. The smallest absolute Gasteiger partial charge is 0.0131 e. The van der Waals surface area contributed by atoms with Crippen LogP contribution in [0, 0.1) is 5.92 Å². The lowest BCUT2D eigenvalue weighted by Crippen LogP contribution is -2.31. The molecule has 1 nitrogen and oxygen atoms in total. The summed E-state index contributed by atoms with van der Waals surface area (Å²) in [4.78, 5) is 2.70. The first-order valence-electron chi connectivity index (χ1n) is 4.62. The van der Waals surface area contributed by atoms with Crippen molar-refractivity contribution in [3.05, 3.63) is 0 Å². The summed E-state index contributed by atoms with van der Waals surface area (Å²) in [7, 11) is 0. The van der Waals surface area contributed by atoms with E-state index in [2.05, 4.69) is 18.7 Å². The second-order valence-corrected chi connectivity index (χ2v) is 3.69. The van der Waals surface area contributed by atoms with E-state index in [1.54, 1.807) is 0 Å². The van der Waals surface area contributed by atoms with Gasteiger partial charge in [0, 0.05) is 12.1 Å². The molecule has 1 aliphatic heterocycles. The van der Waals surface area contributed by atoms with Crippen molar-refractivity contribution in [3.63, 3.8) is 0 Å². The lowest BCUT2D eigenvalue weighted by molar-refractivity contribution is 0.224. The highest BCUT2D eigenvalue weighted by Crippen LogP contribution is 2.48. The van der Waals surface area contributed by atoms with E-state index in [1.165, 1.54) is 25.8 Å². The standard InChI is InChI=1S/C9H17N/c1-3-8-5-7-6-9(7)10(8)4-2/h7-9H,3-6H2,1-2H3/t7?,8-,9?/m1/s1. The summed E-state index contributed by atoms with van der Waals surface area (Å²) in [6.07, 6.45) is 4.36. The van der Waals surface area contributed by atoms with Crippen molar-refractivity contribution in [2.24, 2.45) is 5.92 Å². The van der Waals surface area contributed by atoms with Crippen LogP contribution in [0.15, 0.2) is 0 Å². The third-order valence-electron chi connectivity index (χ3n) is 3.19. The minimum Gasteiger partial charge on any atom is -0.297 e. The van der Waals surface area contributed by atoms with Crippen LogP contribution < -0.4 is 0 Å². The maximum absolute atomic E-state index is 2.70. The molecule has 0 aromatic rings. The summed E-state index contributed by atoms with van der Waals surface area (Å²) in [5.74, 6) is 1.10. The molecule has 1 saturated carbocycles. The minimum atomic E-state index is 0.939. The average molecular weight is 139 g/mol. The van der Waals surface area contributed by atoms with Gasteiger partial charge < -0.3 is 0 Å². The fourth-order valence-electron chi connectivity index (χ4n) is 2.54. The lowest BCUT2D eigenvalue weighted by Gasteiger charge is -2.24. The summed E-state index contributed by atoms with van der Waals surface area (Å²) in [6.45, 7) is 5.89. The molecule has 1 heterocycles. The average Bonchev–Trinajstić information content (AvgIpc) is 2.63.